The van der Waals surface area contributed by atoms with E-state index in [0.29, 0.717) is 16.4 Å². The highest BCUT2D eigenvalue weighted by Crippen LogP contribution is 2.13. The van der Waals surface area contributed by atoms with Crippen LogP contribution >= 0.6 is 0 Å². The topological polar surface area (TPSA) is 73.3 Å². The number of amidine groups is 1. The van der Waals surface area contributed by atoms with E-state index in [9.17, 15) is 4.79 Å². The molecule has 0 aromatic heterocycles. The number of benzene rings is 2. The van der Waals surface area contributed by atoms with Gasteiger partial charge in [0.25, 0.3) is 0 Å². The van der Waals surface area contributed by atoms with Crippen LogP contribution in [0.25, 0.3) is 0 Å². The van der Waals surface area contributed by atoms with Gasteiger partial charge in [-0.05, 0) is 12.1 Å². The van der Waals surface area contributed by atoms with Crippen LogP contribution in [0.4, 0.5) is 5.69 Å². The lowest BCUT2D eigenvalue weighted by atomic mass is 10.2. The molecule has 0 bridgehead atoms. The second-order valence-corrected chi connectivity index (χ2v) is 3.69. The second kappa shape index (κ2) is 4.75. The maximum absolute atomic E-state index is 10.8. The Labute approximate surface area is 103 Å². The predicted octanol–water partition coefficient (Wildman–Crippen LogP) is 0.0766. The van der Waals surface area contributed by atoms with E-state index in [-0.39, 0.29) is 5.48 Å². The molecule has 0 spiro atoms. The standard InChI is InChI=1S/C14H8N2O.H2O/c17-9-11-7-4-8-12-13(11)16-14(15-12)10-5-2-1-3-6-10;/h1-8H;1H2. The smallest absolute Gasteiger partial charge is 0.160 e. The first-order valence-corrected chi connectivity index (χ1v) is 5.25. The highest BCUT2D eigenvalue weighted by Gasteiger charge is 2.10. The van der Waals surface area contributed by atoms with Crippen LogP contribution in [0.2, 0.25) is 0 Å². The highest BCUT2D eigenvalue weighted by molar-refractivity contribution is 6.02. The van der Waals surface area contributed by atoms with Crippen LogP contribution in [0.5, 0.6) is 0 Å². The summed E-state index contributed by atoms with van der Waals surface area (Å²) in [5.74, 6) is 2.52. The number of rotatable bonds is 1. The van der Waals surface area contributed by atoms with Gasteiger partial charge >= 0.3 is 0 Å². The Balaban J connectivity index is 0.00000120. The number of nitrogens with zero attached hydrogens (tertiary/aromatic N) is 2. The Bertz CT molecular complexity index is 745. The van der Waals surface area contributed by atoms with Gasteiger partial charge in [0.15, 0.2) is 5.84 Å². The van der Waals surface area contributed by atoms with Gasteiger partial charge < -0.3 is 5.48 Å². The number of fused-ring (bicyclic) bond motifs is 1. The quantitative estimate of drug-likeness (QED) is 0.693. The first-order valence-electron chi connectivity index (χ1n) is 5.25. The molecule has 4 heteroatoms. The molecule has 88 valence electrons. The number of hydrogen-bond acceptors (Lipinski definition) is 3. The first-order chi connectivity index (χ1) is 8.38. The van der Waals surface area contributed by atoms with Crippen LogP contribution in [0.3, 0.4) is 0 Å². The number of para-hydroxylation sites is 1. The third-order valence-corrected chi connectivity index (χ3v) is 2.60. The third kappa shape index (κ3) is 1.86. The fraction of sp³-hybridized carbons (Fsp3) is 0. The summed E-state index contributed by atoms with van der Waals surface area (Å²) in [6.45, 7) is 0. The Morgan fingerprint density at radius 2 is 1.67 bits per heavy atom. The molecule has 0 saturated carbocycles. The summed E-state index contributed by atoms with van der Waals surface area (Å²) in [6, 6.07) is 15.0. The van der Waals surface area contributed by atoms with Crippen molar-refractivity contribution in [2.75, 3.05) is 0 Å². The normalized spacial score (nSPS) is 11.7. The van der Waals surface area contributed by atoms with Gasteiger partial charge in [0.1, 0.15) is 11.3 Å². The van der Waals surface area contributed by atoms with Gasteiger partial charge in [-0.15, -0.1) is 0 Å². The van der Waals surface area contributed by atoms with Crippen molar-refractivity contribution in [3.05, 3.63) is 64.7 Å². The van der Waals surface area contributed by atoms with Gasteiger partial charge in [-0.3, -0.25) is 0 Å². The Kier molecular flexibility index (Phi) is 3.15. The minimum absolute atomic E-state index is 0. The molecule has 0 amide bonds. The van der Waals surface area contributed by atoms with Gasteiger partial charge in [0.2, 0.25) is 0 Å². The van der Waals surface area contributed by atoms with Gasteiger partial charge in [-0.2, -0.15) is 0 Å². The van der Waals surface area contributed by atoms with E-state index in [4.69, 9.17) is 0 Å². The molecular weight excluding hydrogens is 228 g/mol. The van der Waals surface area contributed by atoms with E-state index in [1.165, 1.54) is 0 Å². The van der Waals surface area contributed by atoms with E-state index >= 15 is 0 Å². The average Bonchev–Trinajstić information content (AvgIpc) is 2.83. The number of aliphatic imine (C=N–C) groups is 1. The second-order valence-electron chi connectivity index (χ2n) is 3.69. The molecule has 1 aliphatic rings. The average molecular weight is 238 g/mol. The lowest BCUT2D eigenvalue weighted by molar-refractivity contribution is 0.567. The molecule has 3 rings (SSSR count). The molecule has 0 radical (unpaired) electrons. The zero-order valence-electron chi connectivity index (χ0n) is 9.42. The van der Waals surface area contributed by atoms with Crippen molar-refractivity contribution in [2.24, 2.45) is 9.98 Å². The molecule has 2 aromatic carbocycles. The van der Waals surface area contributed by atoms with Gasteiger partial charge in [-0.25, -0.2) is 14.8 Å². The zero-order chi connectivity index (χ0) is 11.7. The van der Waals surface area contributed by atoms with Gasteiger partial charge in [0, 0.05) is 5.56 Å². The van der Waals surface area contributed by atoms with E-state index in [0.717, 1.165) is 11.3 Å². The molecule has 18 heavy (non-hydrogen) atoms. The van der Waals surface area contributed by atoms with Crippen molar-refractivity contribution in [1.82, 2.24) is 0 Å². The summed E-state index contributed by atoms with van der Waals surface area (Å²) in [4.78, 5) is 19.6. The molecule has 0 fully saturated rings. The van der Waals surface area contributed by atoms with Crippen molar-refractivity contribution in [2.45, 2.75) is 0 Å². The summed E-state index contributed by atoms with van der Waals surface area (Å²) < 4.78 is 0. The van der Waals surface area contributed by atoms with Crippen molar-refractivity contribution >= 4 is 17.5 Å². The lowest BCUT2D eigenvalue weighted by Crippen LogP contribution is -2.25. The minimum atomic E-state index is 0. The predicted molar refractivity (Wildman–Crippen MR) is 68.3 cm³/mol. The van der Waals surface area contributed by atoms with Crippen molar-refractivity contribution < 1.29 is 10.3 Å². The van der Waals surface area contributed by atoms with Crippen LogP contribution in [0, 0.1) is 0 Å². The van der Waals surface area contributed by atoms with Crippen molar-refractivity contribution in [3.8, 4) is 0 Å². The Morgan fingerprint density at radius 1 is 0.889 bits per heavy atom. The molecule has 4 nitrogen and oxygen atoms in total. The van der Waals surface area contributed by atoms with E-state index in [2.05, 4.69) is 9.98 Å². The maximum Gasteiger partial charge on any atom is 0.160 e. The van der Waals surface area contributed by atoms with Crippen LogP contribution in [-0.2, 0) is 4.79 Å². The summed E-state index contributed by atoms with van der Waals surface area (Å²) in [5, 5.41) is 1.07. The molecule has 0 unspecified atom stereocenters. The monoisotopic (exact) mass is 238 g/mol. The zero-order valence-corrected chi connectivity index (χ0v) is 9.42. The summed E-state index contributed by atoms with van der Waals surface area (Å²) in [7, 11) is 0. The molecule has 2 aromatic rings. The van der Waals surface area contributed by atoms with E-state index in [1.54, 1.807) is 12.1 Å². The Hall–Kier alpha value is -2.55. The maximum atomic E-state index is 10.8. The van der Waals surface area contributed by atoms with Gasteiger partial charge in [0.05, 0.1) is 10.9 Å². The largest absolute Gasteiger partial charge is 0.412 e. The number of carbonyl (C=O) groups excluding carboxylic acids is 1. The highest BCUT2D eigenvalue weighted by atomic mass is 16.1. The van der Waals surface area contributed by atoms with Crippen LogP contribution in [0.1, 0.15) is 5.56 Å². The molecule has 2 N–H and O–H groups in total. The van der Waals surface area contributed by atoms with Crippen LogP contribution in [0.15, 0.2) is 58.5 Å². The third-order valence-electron chi connectivity index (χ3n) is 2.60. The fourth-order valence-corrected chi connectivity index (χ4v) is 1.78. The minimum Gasteiger partial charge on any atom is -0.412 e. The summed E-state index contributed by atoms with van der Waals surface area (Å²) in [5.41, 5.74) is 1.67. The molecule has 1 heterocycles. The summed E-state index contributed by atoms with van der Waals surface area (Å²) >= 11 is 0. The van der Waals surface area contributed by atoms with Crippen molar-refractivity contribution in [1.29, 1.82) is 0 Å². The molecule has 0 saturated heterocycles. The van der Waals surface area contributed by atoms with Crippen LogP contribution in [-0.4, -0.2) is 17.3 Å². The SMILES string of the molecule is O.O=C=c1cccc2c1=NC(c1ccccc1)=N2. The molecule has 0 aliphatic carbocycles. The molecule has 0 atom stereocenters. The van der Waals surface area contributed by atoms with Crippen LogP contribution < -0.4 is 10.6 Å². The Morgan fingerprint density at radius 3 is 2.39 bits per heavy atom. The fourth-order valence-electron chi connectivity index (χ4n) is 1.78. The van der Waals surface area contributed by atoms with E-state index in [1.807, 2.05) is 42.3 Å². The first kappa shape index (κ1) is 11.9. The summed E-state index contributed by atoms with van der Waals surface area (Å²) in [6.07, 6.45) is 0. The molecular formula is C14H10N2O2. The lowest BCUT2D eigenvalue weighted by Gasteiger charge is -1.94. The van der Waals surface area contributed by atoms with E-state index < -0.39 is 0 Å². The van der Waals surface area contributed by atoms with Crippen molar-refractivity contribution in [3.63, 3.8) is 0 Å². The van der Waals surface area contributed by atoms with Gasteiger partial charge in [-0.1, -0.05) is 36.4 Å². The molecule has 1 aliphatic heterocycles. The number of hydrogen-bond donors (Lipinski definition) is 0.